The molecule has 0 aromatic heterocycles. The number of hydrogen-bond donors (Lipinski definition) is 1. The first-order chi connectivity index (χ1) is 8.08. The van der Waals surface area contributed by atoms with Crippen LogP contribution < -0.4 is 5.32 Å². The van der Waals surface area contributed by atoms with Crippen LogP contribution >= 0.6 is 0 Å². The molecule has 0 aliphatic rings. The monoisotopic (exact) mass is 236 g/mol. The van der Waals surface area contributed by atoms with Gasteiger partial charge in [0.15, 0.2) is 5.82 Å². The minimum atomic E-state index is -0.671. The highest BCUT2D eigenvalue weighted by Crippen LogP contribution is 2.21. The van der Waals surface area contributed by atoms with Crippen molar-refractivity contribution in [3.63, 3.8) is 0 Å². The average molecular weight is 236 g/mol. The molecule has 0 aliphatic carbocycles. The Morgan fingerprint density at radius 1 is 1.65 bits per heavy atom. The van der Waals surface area contributed by atoms with E-state index in [1.807, 2.05) is 6.92 Å². The van der Waals surface area contributed by atoms with Gasteiger partial charge in [0.2, 0.25) is 0 Å². The van der Waals surface area contributed by atoms with Crippen LogP contribution in [-0.2, 0) is 0 Å². The van der Waals surface area contributed by atoms with Gasteiger partial charge in [-0.2, -0.15) is 0 Å². The van der Waals surface area contributed by atoms with Crippen LogP contribution in [0.2, 0.25) is 0 Å². The lowest BCUT2D eigenvalue weighted by Crippen LogP contribution is -2.17. The van der Waals surface area contributed by atoms with Gasteiger partial charge in [-0.3, -0.25) is 10.1 Å². The topological polar surface area (TPSA) is 55.2 Å². The molecule has 90 valence electrons. The number of nitrogens with one attached hydrogen (secondary N) is 1. The summed E-state index contributed by atoms with van der Waals surface area (Å²) in [5.41, 5.74) is -0.0900. The van der Waals surface area contributed by atoms with Gasteiger partial charge in [0.1, 0.15) is 0 Å². The van der Waals surface area contributed by atoms with E-state index in [1.165, 1.54) is 12.1 Å². The molecule has 0 radical (unpaired) electrons. The quantitative estimate of drug-likeness (QED) is 0.486. The number of benzene rings is 1. The first kappa shape index (κ1) is 13.0. The molecule has 0 heterocycles. The van der Waals surface area contributed by atoms with Gasteiger partial charge in [-0.25, -0.2) is 4.39 Å². The third kappa shape index (κ3) is 3.45. The Bertz CT molecular complexity index is 454. The van der Waals surface area contributed by atoms with Gasteiger partial charge in [0, 0.05) is 6.07 Å². The van der Waals surface area contributed by atoms with E-state index in [0.717, 1.165) is 12.5 Å². The Hall–Kier alpha value is -2.09. The second-order valence-corrected chi connectivity index (χ2v) is 3.57. The van der Waals surface area contributed by atoms with E-state index in [0.29, 0.717) is 6.42 Å². The van der Waals surface area contributed by atoms with Gasteiger partial charge >= 0.3 is 0 Å². The number of hydrogen-bond acceptors (Lipinski definition) is 3. The largest absolute Gasteiger partial charge is 0.369 e. The van der Waals surface area contributed by atoms with Crippen molar-refractivity contribution in [2.24, 2.45) is 0 Å². The summed E-state index contributed by atoms with van der Waals surface area (Å²) in [5, 5.41) is 13.3. The lowest BCUT2D eigenvalue weighted by molar-refractivity contribution is -0.385. The maximum atomic E-state index is 13.5. The minimum absolute atomic E-state index is 0.187. The van der Waals surface area contributed by atoms with Gasteiger partial charge in [-0.15, -0.1) is 6.42 Å². The van der Waals surface area contributed by atoms with Crippen LogP contribution in [0.3, 0.4) is 0 Å². The summed E-state index contributed by atoms with van der Waals surface area (Å²) in [5.74, 6) is 1.83. The molecule has 1 N–H and O–H groups in total. The van der Waals surface area contributed by atoms with E-state index in [1.54, 1.807) is 0 Å². The second-order valence-electron chi connectivity index (χ2n) is 3.57. The maximum Gasteiger partial charge on any atom is 0.272 e. The Morgan fingerprint density at radius 3 is 2.82 bits per heavy atom. The smallest absolute Gasteiger partial charge is 0.272 e. The number of nitro benzene ring substituents is 1. The summed E-state index contributed by atoms with van der Waals surface area (Å²) in [6, 6.07) is 3.18. The predicted molar refractivity (Wildman–Crippen MR) is 64.2 cm³/mol. The van der Waals surface area contributed by atoms with Crippen LogP contribution in [-0.4, -0.2) is 11.0 Å². The SMILES string of the molecule is C#CC(CCC)Nc1ccc([N+](=O)[O-])cc1F. The molecule has 5 heteroatoms. The molecule has 0 fully saturated rings. The number of terminal acetylenes is 1. The average Bonchev–Trinajstić information content (AvgIpc) is 2.30. The number of non-ortho nitro benzene ring substituents is 1. The molecule has 4 nitrogen and oxygen atoms in total. The van der Waals surface area contributed by atoms with Crippen LogP contribution in [0.4, 0.5) is 15.8 Å². The van der Waals surface area contributed by atoms with Crippen LogP contribution in [0.1, 0.15) is 19.8 Å². The molecule has 0 amide bonds. The number of halogens is 1. The highest BCUT2D eigenvalue weighted by molar-refractivity contribution is 5.51. The van der Waals surface area contributed by atoms with E-state index in [9.17, 15) is 14.5 Å². The summed E-state index contributed by atoms with van der Waals surface area (Å²) in [7, 11) is 0. The van der Waals surface area contributed by atoms with Crippen molar-refractivity contribution < 1.29 is 9.31 Å². The Kier molecular flexibility index (Phi) is 4.46. The van der Waals surface area contributed by atoms with Crippen LogP contribution in [0.25, 0.3) is 0 Å². The van der Waals surface area contributed by atoms with Gasteiger partial charge < -0.3 is 5.32 Å². The highest BCUT2D eigenvalue weighted by atomic mass is 19.1. The Morgan fingerprint density at radius 2 is 2.35 bits per heavy atom. The molecule has 1 aromatic rings. The van der Waals surface area contributed by atoms with Crippen molar-refractivity contribution in [3.8, 4) is 12.3 Å². The van der Waals surface area contributed by atoms with Crippen molar-refractivity contribution in [2.45, 2.75) is 25.8 Å². The zero-order chi connectivity index (χ0) is 12.8. The summed E-state index contributed by atoms with van der Waals surface area (Å²) < 4.78 is 13.5. The Labute approximate surface area is 99.0 Å². The van der Waals surface area contributed by atoms with Crippen LogP contribution in [0.5, 0.6) is 0 Å². The standard InChI is InChI=1S/C12H13FN2O2/c1-3-5-9(4-2)14-12-7-6-10(15(16)17)8-11(12)13/h2,6-9,14H,3,5H2,1H3. The number of nitrogens with zero attached hydrogens (tertiary/aromatic N) is 1. The number of anilines is 1. The third-order valence-electron chi connectivity index (χ3n) is 2.27. The first-order valence-electron chi connectivity index (χ1n) is 5.25. The molecular formula is C12H13FN2O2. The van der Waals surface area contributed by atoms with E-state index in [-0.39, 0.29) is 17.4 Å². The van der Waals surface area contributed by atoms with Crippen molar-refractivity contribution in [3.05, 3.63) is 34.1 Å². The summed E-state index contributed by atoms with van der Waals surface area (Å²) >= 11 is 0. The van der Waals surface area contributed by atoms with Crippen molar-refractivity contribution in [1.29, 1.82) is 0 Å². The zero-order valence-corrected chi connectivity index (χ0v) is 9.44. The zero-order valence-electron chi connectivity index (χ0n) is 9.44. The minimum Gasteiger partial charge on any atom is -0.369 e. The van der Waals surface area contributed by atoms with Gasteiger partial charge in [-0.05, 0) is 12.5 Å². The van der Waals surface area contributed by atoms with E-state index >= 15 is 0 Å². The van der Waals surface area contributed by atoms with Crippen molar-refractivity contribution >= 4 is 11.4 Å². The second kappa shape index (κ2) is 5.85. The molecule has 0 saturated carbocycles. The summed E-state index contributed by atoms with van der Waals surface area (Å²) in [4.78, 5) is 9.79. The van der Waals surface area contributed by atoms with E-state index in [4.69, 9.17) is 6.42 Å². The van der Waals surface area contributed by atoms with Crippen LogP contribution in [0, 0.1) is 28.3 Å². The summed E-state index contributed by atoms with van der Waals surface area (Å²) in [6.45, 7) is 1.97. The molecule has 0 saturated heterocycles. The molecule has 17 heavy (non-hydrogen) atoms. The molecule has 1 atom stereocenters. The summed E-state index contributed by atoms with van der Waals surface area (Å²) in [6.07, 6.45) is 6.88. The molecule has 1 unspecified atom stereocenters. The third-order valence-corrected chi connectivity index (χ3v) is 2.27. The molecule has 0 aliphatic heterocycles. The Balaban J connectivity index is 2.86. The highest BCUT2D eigenvalue weighted by Gasteiger charge is 2.12. The lowest BCUT2D eigenvalue weighted by Gasteiger charge is -2.13. The molecule has 1 aromatic carbocycles. The van der Waals surface area contributed by atoms with E-state index < -0.39 is 10.7 Å². The first-order valence-corrected chi connectivity index (χ1v) is 5.25. The molecule has 1 rings (SSSR count). The van der Waals surface area contributed by atoms with E-state index in [2.05, 4.69) is 11.2 Å². The number of rotatable bonds is 5. The predicted octanol–water partition coefficient (Wildman–Crippen LogP) is 2.95. The fraction of sp³-hybridized carbons (Fsp3) is 0.333. The fourth-order valence-electron chi connectivity index (χ4n) is 1.41. The molecule has 0 bridgehead atoms. The molecule has 0 spiro atoms. The van der Waals surface area contributed by atoms with Gasteiger partial charge in [-0.1, -0.05) is 19.3 Å². The lowest BCUT2D eigenvalue weighted by atomic mass is 10.1. The fourth-order valence-corrected chi connectivity index (χ4v) is 1.41. The normalized spacial score (nSPS) is 11.6. The number of nitro groups is 1. The van der Waals surface area contributed by atoms with Gasteiger partial charge in [0.25, 0.3) is 5.69 Å². The van der Waals surface area contributed by atoms with Gasteiger partial charge in [0.05, 0.1) is 22.7 Å². The van der Waals surface area contributed by atoms with Crippen molar-refractivity contribution in [1.82, 2.24) is 0 Å². The van der Waals surface area contributed by atoms with Crippen LogP contribution in [0.15, 0.2) is 18.2 Å². The van der Waals surface area contributed by atoms with Crippen molar-refractivity contribution in [2.75, 3.05) is 5.32 Å². The maximum absolute atomic E-state index is 13.5. The molecular weight excluding hydrogens is 223 g/mol.